The lowest BCUT2D eigenvalue weighted by Gasteiger charge is -2.23. The van der Waals surface area contributed by atoms with Crippen molar-refractivity contribution in [1.82, 2.24) is 0 Å². The summed E-state index contributed by atoms with van der Waals surface area (Å²) in [7, 11) is 0. The Hall–Kier alpha value is -2.29. The van der Waals surface area contributed by atoms with Crippen molar-refractivity contribution in [2.75, 3.05) is 0 Å². The van der Waals surface area contributed by atoms with E-state index in [0.717, 1.165) is 35.3 Å². The first-order valence-electron chi connectivity index (χ1n) is 7.82. The predicted molar refractivity (Wildman–Crippen MR) is 86.4 cm³/mol. The largest absolute Gasteiger partial charge is 0.488 e. The summed E-state index contributed by atoms with van der Waals surface area (Å²) in [4.78, 5) is 11.3. The van der Waals surface area contributed by atoms with E-state index >= 15 is 0 Å². The third kappa shape index (κ3) is 2.71. The minimum absolute atomic E-state index is 0.329. The molecular formula is C19H20O3. The Bertz CT molecular complexity index is 704. The van der Waals surface area contributed by atoms with Crippen LogP contribution in [0.15, 0.2) is 36.4 Å². The molecule has 0 spiro atoms. The van der Waals surface area contributed by atoms with E-state index in [1.165, 1.54) is 18.4 Å². The molecule has 0 bridgehead atoms. The highest BCUT2D eigenvalue weighted by atomic mass is 16.5. The number of benzene rings is 2. The van der Waals surface area contributed by atoms with Crippen LogP contribution in [0.3, 0.4) is 0 Å². The summed E-state index contributed by atoms with van der Waals surface area (Å²) in [6, 6.07) is 11.4. The molecule has 114 valence electrons. The smallest absolute Gasteiger partial charge is 0.335 e. The van der Waals surface area contributed by atoms with Crippen LogP contribution in [0.2, 0.25) is 0 Å². The molecule has 0 saturated carbocycles. The average Bonchev–Trinajstić information content (AvgIpc) is 2.54. The zero-order valence-electron chi connectivity index (χ0n) is 12.8. The van der Waals surface area contributed by atoms with Crippen LogP contribution in [0.5, 0.6) is 5.75 Å². The van der Waals surface area contributed by atoms with Crippen LogP contribution in [0, 0.1) is 0 Å². The Morgan fingerprint density at radius 2 is 2.09 bits per heavy atom. The Balaban J connectivity index is 2.07. The van der Waals surface area contributed by atoms with Crippen molar-refractivity contribution in [3.05, 3.63) is 53.1 Å². The average molecular weight is 296 g/mol. The van der Waals surface area contributed by atoms with Crippen molar-refractivity contribution in [2.24, 2.45) is 0 Å². The second-order valence-corrected chi connectivity index (χ2v) is 5.71. The number of unbranched alkanes of at least 4 members (excludes halogenated alkanes) is 2. The fraction of sp³-hybridized carbons (Fsp3) is 0.316. The quantitative estimate of drug-likeness (QED) is 0.815. The molecule has 1 aliphatic heterocycles. The highest BCUT2D eigenvalue weighted by Gasteiger charge is 2.21. The summed E-state index contributed by atoms with van der Waals surface area (Å²) < 4.78 is 5.85. The predicted octanol–water partition coefficient (Wildman–Crippen LogP) is 4.68. The van der Waals surface area contributed by atoms with E-state index in [-0.39, 0.29) is 0 Å². The van der Waals surface area contributed by atoms with Gasteiger partial charge in [-0.2, -0.15) is 0 Å². The molecule has 0 saturated heterocycles. The molecule has 3 rings (SSSR count). The third-order valence-electron chi connectivity index (χ3n) is 4.17. The Morgan fingerprint density at radius 1 is 1.23 bits per heavy atom. The summed E-state index contributed by atoms with van der Waals surface area (Å²) in [5.41, 5.74) is 4.71. The van der Waals surface area contributed by atoms with Gasteiger partial charge in [-0.3, -0.25) is 0 Å². The maximum Gasteiger partial charge on any atom is 0.335 e. The molecule has 0 aliphatic carbocycles. The molecule has 1 N–H and O–H groups in total. The van der Waals surface area contributed by atoms with E-state index in [0.29, 0.717) is 12.2 Å². The van der Waals surface area contributed by atoms with Gasteiger partial charge in [0.05, 0.1) is 5.56 Å². The number of ether oxygens (including phenoxy) is 1. The normalized spacial score (nSPS) is 12.2. The SMILES string of the molecule is CCCCCc1cccc2c1-c1cc(C(=O)O)ccc1CO2. The Kier molecular flexibility index (Phi) is 4.14. The van der Waals surface area contributed by atoms with E-state index in [9.17, 15) is 9.90 Å². The van der Waals surface area contributed by atoms with E-state index in [2.05, 4.69) is 13.0 Å². The molecule has 0 aromatic heterocycles. The van der Waals surface area contributed by atoms with Gasteiger partial charge < -0.3 is 9.84 Å². The van der Waals surface area contributed by atoms with Crippen molar-refractivity contribution < 1.29 is 14.6 Å². The van der Waals surface area contributed by atoms with Crippen molar-refractivity contribution in [1.29, 1.82) is 0 Å². The first-order valence-corrected chi connectivity index (χ1v) is 7.82. The summed E-state index contributed by atoms with van der Waals surface area (Å²) in [5.74, 6) is -0.0247. The highest BCUT2D eigenvalue weighted by Crippen LogP contribution is 2.40. The second kappa shape index (κ2) is 6.22. The van der Waals surface area contributed by atoms with E-state index in [1.54, 1.807) is 12.1 Å². The lowest BCUT2D eigenvalue weighted by Crippen LogP contribution is -2.09. The number of rotatable bonds is 5. The van der Waals surface area contributed by atoms with Gasteiger partial charge in [0.25, 0.3) is 0 Å². The second-order valence-electron chi connectivity index (χ2n) is 5.71. The molecule has 0 fully saturated rings. The molecule has 0 atom stereocenters. The van der Waals surface area contributed by atoms with Gasteiger partial charge in [0.1, 0.15) is 12.4 Å². The van der Waals surface area contributed by atoms with Crippen molar-refractivity contribution in [3.8, 4) is 16.9 Å². The van der Waals surface area contributed by atoms with Crippen LogP contribution in [0.1, 0.15) is 47.7 Å². The third-order valence-corrected chi connectivity index (χ3v) is 4.17. The van der Waals surface area contributed by atoms with Gasteiger partial charge in [0.2, 0.25) is 0 Å². The van der Waals surface area contributed by atoms with Crippen LogP contribution in [0.4, 0.5) is 0 Å². The first-order chi connectivity index (χ1) is 10.7. The zero-order valence-corrected chi connectivity index (χ0v) is 12.8. The van der Waals surface area contributed by atoms with Crippen LogP contribution in [-0.2, 0) is 13.0 Å². The van der Waals surface area contributed by atoms with Crippen molar-refractivity contribution in [3.63, 3.8) is 0 Å². The topological polar surface area (TPSA) is 46.5 Å². The zero-order chi connectivity index (χ0) is 15.5. The number of aryl methyl sites for hydroxylation is 1. The van der Waals surface area contributed by atoms with Crippen LogP contribution < -0.4 is 4.74 Å². The van der Waals surface area contributed by atoms with Gasteiger partial charge >= 0.3 is 5.97 Å². The summed E-state index contributed by atoms with van der Waals surface area (Å²) in [6.07, 6.45) is 4.52. The number of hydrogen-bond donors (Lipinski definition) is 1. The molecular weight excluding hydrogens is 276 g/mol. The molecule has 0 amide bonds. The molecule has 22 heavy (non-hydrogen) atoms. The van der Waals surface area contributed by atoms with Gasteiger partial charge in [-0.15, -0.1) is 0 Å². The van der Waals surface area contributed by atoms with Gasteiger partial charge in [-0.25, -0.2) is 4.79 Å². The summed E-state index contributed by atoms with van der Waals surface area (Å²) in [6.45, 7) is 2.69. The molecule has 3 nitrogen and oxygen atoms in total. The van der Waals surface area contributed by atoms with E-state index < -0.39 is 5.97 Å². The lowest BCUT2D eigenvalue weighted by atomic mass is 9.89. The standard InChI is InChI=1S/C19H20O3/c1-2-3-4-6-13-7-5-8-17-18(13)16-11-14(19(20)21)9-10-15(16)12-22-17/h5,7-11H,2-4,6,12H2,1H3,(H,20,21). The van der Waals surface area contributed by atoms with Gasteiger partial charge in [0, 0.05) is 5.56 Å². The van der Waals surface area contributed by atoms with Crippen molar-refractivity contribution >= 4 is 5.97 Å². The Labute approximate surface area is 130 Å². The monoisotopic (exact) mass is 296 g/mol. The molecule has 3 heteroatoms. The molecule has 0 radical (unpaired) electrons. The number of hydrogen-bond acceptors (Lipinski definition) is 2. The fourth-order valence-corrected chi connectivity index (χ4v) is 3.00. The maximum atomic E-state index is 11.3. The van der Waals surface area contributed by atoms with Gasteiger partial charge in [-0.05, 0) is 47.7 Å². The number of carbonyl (C=O) groups is 1. The van der Waals surface area contributed by atoms with Gasteiger partial charge in [-0.1, -0.05) is 38.0 Å². The van der Waals surface area contributed by atoms with Crippen LogP contribution >= 0.6 is 0 Å². The Morgan fingerprint density at radius 3 is 2.86 bits per heavy atom. The molecule has 1 aliphatic rings. The van der Waals surface area contributed by atoms with Gasteiger partial charge in [0.15, 0.2) is 0 Å². The minimum atomic E-state index is -0.890. The maximum absolute atomic E-state index is 11.3. The molecule has 1 heterocycles. The summed E-state index contributed by atoms with van der Waals surface area (Å²) >= 11 is 0. The number of aromatic carboxylic acids is 1. The lowest BCUT2D eigenvalue weighted by molar-refractivity contribution is 0.0697. The fourth-order valence-electron chi connectivity index (χ4n) is 3.00. The van der Waals surface area contributed by atoms with Crippen molar-refractivity contribution in [2.45, 2.75) is 39.2 Å². The molecule has 2 aromatic rings. The molecule has 0 unspecified atom stereocenters. The van der Waals surface area contributed by atoms with E-state index in [4.69, 9.17) is 4.74 Å². The van der Waals surface area contributed by atoms with Crippen LogP contribution in [-0.4, -0.2) is 11.1 Å². The number of fused-ring (bicyclic) bond motifs is 3. The molecule has 2 aromatic carbocycles. The summed E-state index contributed by atoms with van der Waals surface area (Å²) in [5, 5.41) is 9.25. The first kappa shape index (κ1) is 14.6. The minimum Gasteiger partial charge on any atom is -0.488 e. The number of carboxylic acids is 1. The van der Waals surface area contributed by atoms with E-state index in [1.807, 2.05) is 18.2 Å². The number of carboxylic acid groups (broad SMARTS) is 1. The highest BCUT2D eigenvalue weighted by molar-refractivity contribution is 5.91. The van der Waals surface area contributed by atoms with Crippen LogP contribution in [0.25, 0.3) is 11.1 Å².